The highest BCUT2D eigenvalue weighted by Crippen LogP contribution is 2.41. The van der Waals surface area contributed by atoms with Crippen LogP contribution in [0.5, 0.6) is 0 Å². The molecule has 3 aromatic heterocycles. The Bertz CT molecular complexity index is 1190. The highest BCUT2D eigenvalue weighted by molar-refractivity contribution is 7.07. The van der Waals surface area contributed by atoms with Crippen LogP contribution in [0.2, 0.25) is 0 Å². The minimum Gasteiger partial charge on any atom is -0.361 e. The van der Waals surface area contributed by atoms with Crippen LogP contribution in [0.1, 0.15) is 47.1 Å². The van der Waals surface area contributed by atoms with Crippen LogP contribution in [-0.4, -0.2) is 50.9 Å². The van der Waals surface area contributed by atoms with Crippen molar-refractivity contribution in [2.45, 2.75) is 38.3 Å². The van der Waals surface area contributed by atoms with Crippen molar-refractivity contribution < 1.29 is 18.9 Å². The lowest BCUT2D eigenvalue weighted by Crippen LogP contribution is -2.54. The summed E-state index contributed by atoms with van der Waals surface area (Å²) in [6.45, 7) is 3.06. The number of carbonyl (C=O) groups excluding carboxylic acids is 3. The van der Waals surface area contributed by atoms with Crippen molar-refractivity contribution in [1.82, 2.24) is 25.3 Å². The third kappa shape index (κ3) is 3.77. The third-order valence-electron chi connectivity index (χ3n) is 6.69. The van der Waals surface area contributed by atoms with Crippen LogP contribution in [0.25, 0.3) is 0 Å². The zero-order valence-corrected chi connectivity index (χ0v) is 19.6. The molecule has 0 bridgehead atoms. The summed E-state index contributed by atoms with van der Waals surface area (Å²) in [7, 11) is 0. The first-order valence-electron chi connectivity index (χ1n) is 11.3. The van der Waals surface area contributed by atoms with Crippen molar-refractivity contribution in [1.29, 1.82) is 0 Å². The monoisotopic (exact) mass is 479 g/mol. The summed E-state index contributed by atoms with van der Waals surface area (Å²) < 4.78 is 5.18. The molecule has 1 N–H and O–H groups in total. The first-order valence-corrected chi connectivity index (χ1v) is 12.3. The minimum atomic E-state index is -1.21. The van der Waals surface area contributed by atoms with E-state index in [1.165, 1.54) is 16.2 Å². The minimum absolute atomic E-state index is 0.182. The van der Waals surface area contributed by atoms with Crippen LogP contribution >= 0.6 is 11.3 Å². The molecule has 1 unspecified atom stereocenters. The Morgan fingerprint density at radius 2 is 2.12 bits per heavy atom. The van der Waals surface area contributed by atoms with E-state index >= 15 is 0 Å². The summed E-state index contributed by atoms with van der Waals surface area (Å²) >= 11 is 1.52. The topological polar surface area (TPSA) is 109 Å². The Balaban J connectivity index is 1.39. The molecular formula is C24H25N5O4S. The highest BCUT2D eigenvalue weighted by Gasteiger charge is 2.57. The molecule has 5 rings (SSSR count). The number of carbonyl (C=O) groups is 3. The smallest absolute Gasteiger partial charge is 0.325 e. The van der Waals surface area contributed by atoms with E-state index < -0.39 is 11.6 Å². The molecule has 2 aliphatic heterocycles. The maximum atomic E-state index is 13.9. The Labute approximate surface area is 200 Å². The van der Waals surface area contributed by atoms with Crippen LogP contribution in [0.4, 0.5) is 4.79 Å². The second kappa shape index (κ2) is 9.02. The van der Waals surface area contributed by atoms with Crippen LogP contribution in [0.15, 0.2) is 51.9 Å². The Morgan fingerprint density at radius 3 is 2.76 bits per heavy atom. The molecule has 2 fully saturated rings. The quantitative estimate of drug-likeness (QED) is 0.544. The van der Waals surface area contributed by atoms with Gasteiger partial charge in [0.05, 0.1) is 6.54 Å². The lowest BCUT2D eigenvalue weighted by Gasteiger charge is -2.40. The molecule has 0 radical (unpaired) electrons. The van der Waals surface area contributed by atoms with Crippen LogP contribution in [0, 0.1) is 5.92 Å². The largest absolute Gasteiger partial charge is 0.361 e. The van der Waals surface area contributed by atoms with Gasteiger partial charge < -0.3 is 14.7 Å². The van der Waals surface area contributed by atoms with Gasteiger partial charge in [-0.25, -0.2) is 4.79 Å². The lowest BCUT2D eigenvalue weighted by molar-refractivity contribution is -0.134. The number of amides is 4. The van der Waals surface area contributed by atoms with Gasteiger partial charge in [0.2, 0.25) is 0 Å². The molecule has 2 saturated heterocycles. The third-order valence-corrected chi connectivity index (χ3v) is 7.42. The summed E-state index contributed by atoms with van der Waals surface area (Å²) in [6.07, 6.45) is 5.06. The van der Waals surface area contributed by atoms with Gasteiger partial charge in [-0.1, -0.05) is 18.1 Å². The molecular weight excluding hydrogens is 454 g/mol. The van der Waals surface area contributed by atoms with Crippen LogP contribution in [-0.2, 0) is 23.3 Å². The first kappa shape index (κ1) is 22.3. The van der Waals surface area contributed by atoms with Crippen molar-refractivity contribution in [3.8, 4) is 0 Å². The number of nitrogens with zero attached hydrogens (tertiary/aromatic N) is 4. The fraction of sp³-hybridized carbons (Fsp3) is 0.375. The molecule has 2 aliphatic rings. The SMILES string of the molecule is CCc1cc(C(=O)N2CCC(C3(c4cccnc4)NC(=O)N(Cc4ccsc4)C3=O)CC2)no1. The molecule has 3 aromatic rings. The van der Waals surface area contributed by atoms with E-state index in [0.717, 1.165) is 5.56 Å². The number of piperidine rings is 1. The number of hydrogen-bond acceptors (Lipinski definition) is 7. The molecule has 9 nitrogen and oxygen atoms in total. The van der Waals surface area contributed by atoms with Crippen molar-refractivity contribution in [2.24, 2.45) is 5.92 Å². The highest BCUT2D eigenvalue weighted by atomic mass is 32.1. The maximum absolute atomic E-state index is 13.9. The molecule has 176 valence electrons. The molecule has 1 atom stereocenters. The number of thiophene rings is 1. The van der Waals surface area contributed by atoms with E-state index in [4.69, 9.17) is 4.52 Å². The van der Waals surface area contributed by atoms with Crippen molar-refractivity contribution in [3.05, 3.63) is 70.0 Å². The molecule has 34 heavy (non-hydrogen) atoms. The predicted octanol–water partition coefficient (Wildman–Crippen LogP) is 3.19. The summed E-state index contributed by atoms with van der Waals surface area (Å²) in [6, 6.07) is 6.78. The summed E-state index contributed by atoms with van der Waals surface area (Å²) in [5.74, 6) is 0.0238. The summed E-state index contributed by atoms with van der Waals surface area (Å²) in [5, 5.41) is 10.8. The summed E-state index contributed by atoms with van der Waals surface area (Å²) in [4.78, 5) is 47.0. The standard InChI is InChI=1S/C24H25N5O4S/c1-2-19-12-20(27-33-19)21(30)28-9-5-17(6-10-28)24(18-4-3-8-25-13-18)22(31)29(23(32)26-24)14-16-7-11-34-15-16/h3-4,7-8,11-13,15,17H,2,5-6,9-10,14H2,1H3,(H,26,32). The average Bonchev–Trinajstić information content (AvgIpc) is 3.62. The zero-order chi connectivity index (χ0) is 23.7. The van der Waals surface area contributed by atoms with E-state index in [-0.39, 0.29) is 24.3 Å². The number of imide groups is 1. The molecule has 5 heterocycles. The number of nitrogens with one attached hydrogen (secondary N) is 1. The van der Waals surface area contributed by atoms with Gasteiger partial charge in [-0.2, -0.15) is 11.3 Å². The van der Waals surface area contributed by atoms with Gasteiger partial charge in [-0.3, -0.25) is 19.5 Å². The second-order valence-electron chi connectivity index (χ2n) is 8.60. The second-order valence-corrected chi connectivity index (χ2v) is 9.38. The first-order chi connectivity index (χ1) is 16.5. The van der Waals surface area contributed by atoms with E-state index in [9.17, 15) is 14.4 Å². The molecule has 10 heteroatoms. The van der Waals surface area contributed by atoms with Gasteiger partial charge in [0.15, 0.2) is 11.2 Å². The van der Waals surface area contributed by atoms with Gasteiger partial charge in [0.1, 0.15) is 5.76 Å². The molecule has 0 saturated carbocycles. The Morgan fingerprint density at radius 1 is 1.29 bits per heavy atom. The summed E-state index contributed by atoms with van der Waals surface area (Å²) in [5.41, 5.74) is 0.661. The van der Waals surface area contributed by atoms with Gasteiger partial charge in [-0.15, -0.1) is 0 Å². The zero-order valence-electron chi connectivity index (χ0n) is 18.8. The number of rotatable bonds is 6. The van der Waals surface area contributed by atoms with Crippen LogP contribution in [0.3, 0.4) is 0 Å². The van der Waals surface area contributed by atoms with E-state index in [2.05, 4.69) is 15.5 Å². The number of urea groups is 1. The number of aromatic nitrogens is 2. The van der Waals surface area contributed by atoms with Gasteiger partial charge in [0.25, 0.3) is 11.8 Å². The van der Waals surface area contributed by atoms with Crippen LogP contribution < -0.4 is 5.32 Å². The number of hydrogen-bond donors (Lipinski definition) is 1. The number of pyridine rings is 1. The van der Waals surface area contributed by atoms with E-state index in [1.807, 2.05) is 29.8 Å². The van der Waals surface area contributed by atoms with E-state index in [0.29, 0.717) is 49.4 Å². The van der Waals surface area contributed by atoms with Gasteiger partial charge in [0, 0.05) is 43.5 Å². The van der Waals surface area contributed by atoms with Crippen molar-refractivity contribution in [2.75, 3.05) is 13.1 Å². The Kier molecular flexibility index (Phi) is 5.91. The number of likely N-dealkylation sites (tertiary alicyclic amines) is 1. The molecule has 0 spiro atoms. The van der Waals surface area contributed by atoms with Gasteiger partial charge >= 0.3 is 6.03 Å². The molecule has 0 aliphatic carbocycles. The predicted molar refractivity (Wildman–Crippen MR) is 124 cm³/mol. The molecule has 0 aromatic carbocycles. The average molecular weight is 480 g/mol. The van der Waals surface area contributed by atoms with Crippen molar-refractivity contribution >= 4 is 29.2 Å². The maximum Gasteiger partial charge on any atom is 0.325 e. The Hall–Kier alpha value is -3.53. The van der Waals surface area contributed by atoms with Gasteiger partial charge in [-0.05, 0) is 47.2 Å². The van der Waals surface area contributed by atoms with E-state index in [1.54, 1.807) is 29.4 Å². The fourth-order valence-corrected chi connectivity index (χ4v) is 5.53. The molecule has 4 amide bonds. The lowest BCUT2D eigenvalue weighted by atomic mass is 9.73. The van der Waals surface area contributed by atoms with Crippen molar-refractivity contribution in [3.63, 3.8) is 0 Å². The normalized spacial score (nSPS) is 21.2. The fourth-order valence-electron chi connectivity index (χ4n) is 4.87. The number of aryl methyl sites for hydroxylation is 1.